The molecule has 3 heteroatoms. The highest BCUT2D eigenvalue weighted by atomic mass is 16.3. The summed E-state index contributed by atoms with van der Waals surface area (Å²) in [6.07, 6.45) is 0. The molecule has 0 spiro atoms. The zero-order valence-corrected chi connectivity index (χ0v) is 6.60. The first-order valence-electron chi connectivity index (χ1n) is 2.70. The molecule has 0 aromatic carbocycles. The lowest BCUT2D eigenvalue weighted by molar-refractivity contribution is -0.107. The maximum absolute atomic E-state index is 9.10. The Hall–Kier alpha value is -0.120. The highest BCUT2D eigenvalue weighted by Gasteiger charge is 2.31. The van der Waals surface area contributed by atoms with Gasteiger partial charge in [0.15, 0.2) is 0 Å². The number of rotatable bonds is 1. The van der Waals surface area contributed by atoms with Gasteiger partial charge in [0, 0.05) is 0 Å². The lowest BCUT2D eigenvalue weighted by Gasteiger charge is -2.31. The van der Waals surface area contributed by atoms with Crippen molar-refractivity contribution >= 4 is 0 Å². The SMILES string of the molecule is CC(C)(O)C(C)(C)O.N. The summed E-state index contributed by atoms with van der Waals surface area (Å²) >= 11 is 0. The molecule has 0 amide bonds. The van der Waals surface area contributed by atoms with Crippen molar-refractivity contribution in [3.8, 4) is 0 Å². The lowest BCUT2D eigenvalue weighted by atomic mass is 9.90. The van der Waals surface area contributed by atoms with Gasteiger partial charge >= 0.3 is 0 Å². The monoisotopic (exact) mass is 135 g/mol. The van der Waals surface area contributed by atoms with E-state index in [1.807, 2.05) is 0 Å². The van der Waals surface area contributed by atoms with E-state index in [2.05, 4.69) is 0 Å². The highest BCUT2D eigenvalue weighted by molar-refractivity contribution is 4.84. The van der Waals surface area contributed by atoms with E-state index in [0.717, 1.165) is 0 Å². The maximum atomic E-state index is 9.10. The van der Waals surface area contributed by atoms with E-state index in [1.165, 1.54) is 0 Å². The second-order valence-corrected chi connectivity index (χ2v) is 3.12. The molecule has 0 aliphatic heterocycles. The minimum atomic E-state index is -1.01. The van der Waals surface area contributed by atoms with Crippen LogP contribution in [0.2, 0.25) is 0 Å². The summed E-state index contributed by atoms with van der Waals surface area (Å²) in [6.45, 7) is 6.31. The van der Waals surface area contributed by atoms with Crippen LogP contribution in [-0.4, -0.2) is 21.4 Å². The van der Waals surface area contributed by atoms with Crippen molar-refractivity contribution < 1.29 is 10.2 Å². The summed E-state index contributed by atoms with van der Waals surface area (Å²) in [5.74, 6) is 0. The lowest BCUT2D eigenvalue weighted by Crippen LogP contribution is -2.44. The summed E-state index contributed by atoms with van der Waals surface area (Å²) < 4.78 is 0. The van der Waals surface area contributed by atoms with Crippen LogP contribution in [-0.2, 0) is 0 Å². The van der Waals surface area contributed by atoms with Gasteiger partial charge in [-0.05, 0) is 27.7 Å². The van der Waals surface area contributed by atoms with Gasteiger partial charge in [-0.25, -0.2) is 0 Å². The van der Waals surface area contributed by atoms with E-state index < -0.39 is 11.2 Å². The Morgan fingerprint density at radius 3 is 0.889 bits per heavy atom. The van der Waals surface area contributed by atoms with Gasteiger partial charge in [0.2, 0.25) is 0 Å². The molecule has 5 N–H and O–H groups in total. The Morgan fingerprint density at radius 2 is 0.889 bits per heavy atom. The first-order chi connectivity index (χ1) is 3.25. The van der Waals surface area contributed by atoms with E-state index in [4.69, 9.17) is 10.2 Å². The number of hydrogen-bond acceptors (Lipinski definition) is 3. The quantitative estimate of drug-likeness (QED) is 0.495. The number of hydrogen-bond donors (Lipinski definition) is 3. The third-order valence-corrected chi connectivity index (χ3v) is 1.50. The molecule has 0 saturated heterocycles. The smallest absolute Gasteiger partial charge is 0.0872 e. The second kappa shape index (κ2) is 2.64. The summed E-state index contributed by atoms with van der Waals surface area (Å²) in [4.78, 5) is 0. The van der Waals surface area contributed by atoms with Crippen LogP contribution in [0.4, 0.5) is 0 Å². The minimum absolute atomic E-state index is 0. The predicted octanol–water partition coefficient (Wildman–Crippen LogP) is 0.690. The fourth-order valence-electron chi connectivity index (χ4n) is 0. The van der Waals surface area contributed by atoms with Crippen molar-refractivity contribution in [1.82, 2.24) is 6.15 Å². The summed E-state index contributed by atoms with van der Waals surface area (Å²) in [7, 11) is 0. The minimum Gasteiger partial charge on any atom is -0.387 e. The van der Waals surface area contributed by atoms with Gasteiger partial charge in [-0.1, -0.05) is 0 Å². The Kier molecular flexibility index (Phi) is 3.42. The topological polar surface area (TPSA) is 75.5 Å². The van der Waals surface area contributed by atoms with Crippen LogP contribution >= 0.6 is 0 Å². The Bertz CT molecular complexity index is 66.0. The van der Waals surface area contributed by atoms with E-state index in [0.29, 0.717) is 0 Å². The zero-order chi connectivity index (χ0) is 7.00. The van der Waals surface area contributed by atoms with Crippen molar-refractivity contribution in [1.29, 1.82) is 0 Å². The summed E-state index contributed by atoms with van der Waals surface area (Å²) in [5.41, 5.74) is -2.01. The molecule has 0 atom stereocenters. The third-order valence-electron chi connectivity index (χ3n) is 1.50. The molecule has 3 nitrogen and oxygen atoms in total. The van der Waals surface area contributed by atoms with Crippen molar-refractivity contribution in [3.63, 3.8) is 0 Å². The highest BCUT2D eigenvalue weighted by Crippen LogP contribution is 2.18. The van der Waals surface area contributed by atoms with Gasteiger partial charge in [0.25, 0.3) is 0 Å². The molecule has 58 valence electrons. The first kappa shape index (κ1) is 11.6. The molecule has 0 rings (SSSR count). The molecular weight excluding hydrogens is 118 g/mol. The first-order valence-corrected chi connectivity index (χ1v) is 2.70. The van der Waals surface area contributed by atoms with Crippen molar-refractivity contribution in [2.45, 2.75) is 38.9 Å². The van der Waals surface area contributed by atoms with Crippen LogP contribution in [0.1, 0.15) is 27.7 Å². The van der Waals surface area contributed by atoms with Crippen molar-refractivity contribution in [2.75, 3.05) is 0 Å². The molecule has 0 aromatic rings. The van der Waals surface area contributed by atoms with Gasteiger partial charge in [0.05, 0.1) is 11.2 Å². The fraction of sp³-hybridized carbons (Fsp3) is 1.00. The largest absolute Gasteiger partial charge is 0.387 e. The van der Waals surface area contributed by atoms with E-state index in [-0.39, 0.29) is 6.15 Å². The Balaban J connectivity index is 0. The van der Waals surface area contributed by atoms with Crippen LogP contribution in [0.3, 0.4) is 0 Å². The molecule has 9 heavy (non-hydrogen) atoms. The van der Waals surface area contributed by atoms with Crippen LogP contribution in [0, 0.1) is 0 Å². The molecule has 0 unspecified atom stereocenters. The molecule has 0 fully saturated rings. The van der Waals surface area contributed by atoms with Crippen molar-refractivity contribution in [3.05, 3.63) is 0 Å². The van der Waals surface area contributed by atoms with Gasteiger partial charge < -0.3 is 16.4 Å². The molecular formula is C6H17NO2. The maximum Gasteiger partial charge on any atom is 0.0872 e. The van der Waals surface area contributed by atoms with Crippen LogP contribution in [0.15, 0.2) is 0 Å². The van der Waals surface area contributed by atoms with Crippen molar-refractivity contribution in [2.24, 2.45) is 0 Å². The van der Waals surface area contributed by atoms with Crippen LogP contribution in [0.5, 0.6) is 0 Å². The van der Waals surface area contributed by atoms with E-state index >= 15 is 0 Å². The standard InChI is InChI=1S/C6H14O2.H3N/c1-5(2,7)6(3,4)8;/h7-8H,1-4H3;1H3. The van der Waals surface area contributed by atoms with Crippen LogP contribution < -0.4 is 6.15 Å². The molecule has 0 heterocycles. The Labute approximate surface area is 56.3 Å². The molecule has 0 radical (unpaired) electrons. The predicted molar refractivity (Wildman–Crippen MR) is 37.6 cm³/mol. The Morgan fingerprint density at radius 1 is 0.778 bits per heavy atom. The molecule has 0 saturated carbocycles. The molecule has 0 bridgehead atoms. The fourth-order valence-corrected chi connectivity index (χ4v) is 0. The molecule has 0 aliphatic rings. The third kappa shape index (κ3) is 3.46. The van der Waals surface area contributed by atoms with Gasteiger partial charge in [0.1, 0.15) is 0 Å². The van der Waals surface area contributed by atoms with Crippen LogP contribution in [0.25, 0.3) is 0 Å². The second-order valence-electron chi connectivity index (χ2n) is 3.12. The van der Waals surface area contributed by atoms with Gasteiger partial charge in [-0.15, -0.1) is 0 Å². The summed E-state index contributed by atoms with van der Waals surface area (Å²) in [6, 6.07) is 0. The molecule has 0 aliphatic carbocycles. The summed E-state index contributed by atoms with van der Waals surface area (Å²) in [5, 5.41) is 18.2. The van der Waals surface area contributed by atoms with E-state index in [1.54, 1.807) is 27.7 Å². The normalized spacial score (nSPS) is 12.7. The van der Waals surface area contributed by atoms with E-state index in [9.17, 15) is 0 Å². The average molecular weight is 135 g/mol. The van der Waals surface area contributed by atoms with Gasteiger partial charge in [-0.2, -0.15) is 0 Å². The van der Waals surface area contributed by atoms with Gasteiger partial charge in [-0.3, -0.25) is 0 Å². The zero-order valence-electron chi connectivity index (χ0n) is 6.60. The number of aliphatic hydroxyl groups is 2. The molecule has 0 aromatic heterocycles. The average Bonchev–Trinajstić information content (AvgIpc) is 1.25.